The first-order chi connectivity index (χ1) is 8.22. The van der Waals surface area contributed by atoms with Crippen molar-refractivity contribution in [1.82, 2.24) is 14.6 Å². The zero-order valence-electron chi connectivity index (χ0n) is 10.0. The second-order valence-electron chi connectivity index (χ2n) is 4.88. The summed E-state index contributed by atoms with van der Waals surface area (Å²) in [5.74, 6) is 0.988. The Morgan fingerprint density at radius 1 is 1.41 bits per heavy atom. The molecule has 0 atom stereocenters. The van der Waals surface area contributed by atoms with Crippen molar-refractivity contribution in [2.24, 2.45) is 5.73 Å². The lowest BCUT2D eigenvalue weighted by molar-refractivity contribution is 0.306. The standard InChI is InChI=1S/C12H17N5/c1-2-4-12(13)8-16(9-12)11-10-3-5-15-17(10)7-6-14-11/h3,5-7H,2,4,8-9,13H2,1H3. The summed E-state index contributed by atoms with van der Waals surface area (Å²) in [6.07, 6.45) is 7.65. The van der Waals surface area contributed by atoms with Gasteiger partial charge in [0, 0.05) is 25.5 Å². The van der Waals surface area contributed by atoms with Crippen LogP contribution >= 0.6 is 0 Å². The first kappa shape index (κ1) is 10.5. The lowest BCUT2D eigenvalue weighted by Gasteiger charge is -2.48. The van der Waals surface area contributed by atoms with Crippen molar-refractivity contribution in [3.05, 3.63) is 24.7 Å². The van der Waals surface area contributed by atoms with Gasteiger partial charge in [0.2, 0.25) is 0 Å². The van der Waals surface area contributed by atoms with Crippen molar-refractivity contribution < 1.29 is 0 Å². The summed E-state index contributed by atoms with van der Waals surface area (Å²) in [6.45, 7) is 3.95. The third-order valence-electron chi connectivity index (χ3n) is 3.36. The number of rotatable bonds is 3. The summed E-state index contributed by atoms with van der Waals surface area (Å²) in [6, 6.07) is 1.98. The van der Waals surface area contributed by atoms with Gasteiger partial charge in [0.1, 0.15) is 5.52 Å². The molecule has 5 nitrogen and oxygen atoms in total. The van der Waals surface area contributed by atoms with Crippen LogP contribution in [0.1, 0.15) is 19.8 Å². The average molecular weight is 231 g/mol. The minimum absolute atomic E-state index is 0.0245. The molecule has 1 aliphatic rings. The average Bonchev–Trinajstić information content (AvgIpc) is 2.73. The lowest BCUT2D eigenvalue weighted by atomic mass is 9.86. The molecule has 0 amide bonds. The topological polar surface area (TPSA) is 59.5 Å². The van der Waals surface area contributed by atoms with E-state index < -0.39 is 0 Å². The van der Waals surface area contributed by atoms with Gasteiger partial charge in [-0.3, -0.25) is 0 Å². The minimum Gasteiger partial charge on any atom is -0.351 e. The van der Waals surface area contributed by atoms with E-state index in [9.17, 15) is 0 Å². The molecule has 0 unspecified atom stereocenters. The molecular weight excluding hydrogens is 214 g/mol. The number of nitrogens with two attached hydrogens (primary N) is 1. The van der Waals surface area contributed by atoms with E-state index in [0.29, 0.717) is 0 Å². The molecule has 17 heavy (non-hydrogen) atoms. The summed E-state index contributed by atoms with van der Waals surface area (Å²) in [7, 11) is 0. The van der Waals surface area contributed by atoms with E-state index in [1.807, 2.05) is 16.8 Å². The van der Waals surface area contributed by atoms with E-state index in [1.54, 1.807) is 12.4 Å². The van der Waals surface area contributed by atoms with Crippen LogP contribution in [0.3, 0.4) is 0 Å². The zero-order valence-corrected chi connectivity index (χ0v) is 10.0. The van der Waals surface area contributed by atoms with Crippen LogP contribution in [0, 0.1) is 0 Å². The van der Waals surface area contributed by atoms with Gasteiger partial charge < -0.3 is 10.6 Å². The van der Waals surface area contributed by atoms with E-state index in [-0.39, 0.29) is 5.54 Å². The van der Waals surface area contributed by atoms with Gasteiger partial charge in [0.25, 0.3) is 0 Å². The number of fused-ring (bicyclic) bond motifs is 1. The second kappa shape index (κ2) is 3.70. The third-order valence-corrected chi connectivity index (χ3v) is 3.36. The molecule has 0 saturated carbocycles. The number of hydrogen-bond donors (Lipinski definition) is 1. The van der Waals surface area contributed by atoms with Gasteiger partial charge in [-0.25, -0.2) is 9.50 Å². The molecule has 0 aliphatic carbocycles. The highest BCUT2D eigenvalue weighted by atomic mass is 15.3. The van der Waals surface area contributed by atoms with Crippen LogP contribution in [0.4, 0.5) is 5.82 Å². The minimum atomic E-state index is -0.0245. The molecule has 2 N–H and O–H groups in total. The van der Waals surface area contributed by atoms with E-state index in [4.69, 9.17) is 5.73 Å². The van der Waals surface area contributed by atoms with Crippen LogP contribution in [0.15, 0.2) is 24.7 Å². The third kappa shape index (κ3) is 1.67. The monoisotopic (exact) mass is 231 g/mol. The Balaban J connectivity index is 1.85. The highest BCUT2D eigenvalue weighted by Crippen LogP contribution is 2.30. The molecule has 2 aromatic rings. The van der Waals surface area contributed by atoms with Crippen molar-refractivity contribution in [2.75, 3.05) is 18.0 Å². The Morgan fingerprint density at radius 3 is 3.00 bits per heavy atom. The fourth-order valence-corrected chi connectivity index (χ4v) is 2.61. The molecule has 90 valence electrons. The number of aromatic nitrogens is 3. The van der Waals surface area contributed by atoms with Crippen LogP contribution in [0.25, 0.3) is 5.52 Å². The van der Waals surface area contributed by atoms with Crippen molar-refractivity contribution in [2.45, 2.75) is 25.3 Å². The summed E-state index contributed by atoms with van der Waals surface area (Å²) in [4.78, 5) is 6.67. The number of anilines is 1. The molecule has 0 radical (unpaired) electrons. The van der Waals surface area contributed by atoms with Crippen LogP contribution in [0.5, 0.6) is 0 Å². The van der Waals surface area contributed by atoms with Crippen LogP contribution < -0.4 is 10.6 Å². The Labute approximate surface area is 100 Å². The molecule has 1 aliphatic heterocycles. The first-order valence-electron chi connectivity index (χ1n) is 6.04. The molecular formula is C12H17N5. The number of nitrogens with zero attached hydrogens (tertiary/aromatic N) is 4. The van der Waals surface area contributed by atoms with Gasteiger partial charge in [-0.15, -0.1) is 0 Å². The molecule has 0 spiro atoms. The van der Waals surface area contributed by atoms with E-state index in [2.05, 4.69) is 21.9 Å². The molecule has 1 fully saturated rings. The summed E-state index contributed by atoms with van der Waals surface area (Å²) in [5, 5.41) is 4.21. The van der Waals surface area contributed by atoms with Crippen LogP contribution in [-0.4, -0.2) is 33.2 Å². The fourth-order valence-electron chi connectivity index (χ4n) is 2.61. The van der Waals surface area contributed by atoms with Gasteiger partial charge in [-0.2, -0.15) is 5.10 Å². The zero-order chi connectivity index (χ0) is 11.9. The van der Waals surface area contributed by atoms with Gasteiger partial charge in [-0.1, -0.05) is 13.3 Å². The van der Waals surface area contributed by atoms with E-state index >= 15 is 0 Å². The maximum absolute atomic E-state index is 6.27. The first-order valence-corrected chi connectivity index (χ1v) is 6.04. The molecule has 3 rings (SSSR count). The Morgan fingerprint density at radius 2 is 2.24 bits per heavy atom. The predicted molar refractivity (Wildman–Crippen MR) is 67.0 cm³/mol. The van der Waals surface area contributed by atoms with Gasteiger partial charge in [0.05, 0.1) is 11.7 Å². The molecule has 3 heterocycles. The maximum Gasteiger partial charge on any atom is 0.154 e. The Bertz CT molecular complexity index is 526. The molecule has 2 aromatic heterocycles. The van der Waals surface area contributed by atoms with E-state index in [0.717, 1.165) is 37.3 Å². The smallest absolute Gasteiger partial charge is 0.154 e. The summed E-state index contributed by atoms with van der Waals surface area (Å²) < 4.78 is 1.85. The number of hydrogen-bond acceptors (Lipinski definition) is 4. The van der Waals surface area contributed by atoms with Crippen molar-refractivity contribution >= 4 is 11.3 Å². The summed E-state index contributed by atoms with van der Waals surface area (Å²) in [5.41, 5.74) is 7.29. The van der Waals surface area contributed by atoms with Gasteiger partial charge in [0.15, 0.2) is 5.82 Å². The van der Waals surface area contributed by atoms with Crippen LogP contribution in [-0.2, 0) is 0 Å². The normalized spacial score (nSPS) is 18.4. The molecule has 5 heteroatoms. The van der Waals surface area contributed by atoms with Crippen molar-refractivity contribution in [1.29, 1.82) is 0 Å². The maximum atomic E-state index is 6.27. The highest BCUT2D eigenvalue weighted by molar-refractivity contribution is 5.69. The molecule has 0 bridgehead atoms. The van der Waals surface area contributed by atoms with Crippen molar-refractivity contribution in [3.63, 3.8) is 0 Å². The lowest BCUT2D eigenvalue weighted by Crippen LogP contribution is -2.67. The fraction of sp³-hybridized carbons (Fsp3) is 0.500. The largest absolute Gasteiger partial charge is 0.351 e. The van der Waals surface area contributed by atoms with Crippen LogP contribution in [0.2, 0.25) is 0 Å². The highest BCUT2D eigenvalue weighted by Gasteiger charge is 2.39. The van der Waals surface area contributed by atoms with E-state index in [1.165, 1.54) is 0 Å². The van der Waals surface area contributed by atoms with Crippen molar-refractivity contribution in [3.8, 4) is 0 Å². The Kier molecular flexibility index (Phi) is 2.29. The SMILES string of the molecule is CCCC1(N)CN(c2nccn3nccc23)C1. The van der Waals surface area contributed by atoms with Gasteiger partial charge >= 0.3 is 0 Å². The second-order valence-corrected chi connectivity index (χ2v) is 4.88. The molecule has 0 aromatic carbocycles. The van der Waals surface area contributed by atoms with Gasteiger partial charge in [-0.05, 0) is 12.5 Å². The molecule has 1 saturated heterocycles. The predicted octanol–water partition coefficient (Wildman–Crippen LogP) is 1.05. The Hall–Kier alpha value is -1.62. The quantitative estimate of drug-likeness (QED) is 0.857. The summed E-state index contributed by atoms with van der Waals surface area (Å²) >= 11 is 0.